The van der Waals surface area contributed by atoms with Gasteiger partial charge in [0.25, 0.3) is 0 Å². The first-order valence-corrected chi connectivity index (χ1v) is 10.3. The van der Waals surface area contributed by atoms with Gasteiger partial charge in [-0.3, -0.25) is 4.98 Å². The Labute approximate surface area is 181 Å². The summed E-state index contributed by atoms with van der Waals surface area (Å²) in [6.07, 6.45) is 5.39. The van der Waals surface area contributed by atoms with Gasteiger partial charge in [-0.1, -0.05) is 41.9 Å². The van der Waals surface area contributed by atoms with Crippen LogP contribution in [-0.2, 0) is 12.6 Å². The van der Waals surface area contributed by atoms with Crippen molar-refractivity contribution in [3.8, 4) is 11.1 Å². The summed E-state index contributed by atoms with van der Waals surface area (Å²) in [5.41, 5.74) is 3.84. The summed E-state index contributed by atoms with van der Waals surface area (Å²) in [5, 5.41) is 15.2. The topological polar surface area (TPSA) is 63.0 Å². The Morgan fingerprint density at radius 3 is 2.40 bits per heavy atom. The molecule has 0 aliphatic heterocycles. The minimum atomic E-state index is -0.864. The van der Waals surface area contributed by atoms with Gasteiger partial charge in [0.15, 0.2) is 0 Å². The second-order valence-electron chi connectivity index (χ2n) is 8.11. The van der Waals surface area contributed by atoms with Crippen molar-refractivity contribution in [2.75, 3.05) is 5.32 Å². The van der Waals surface area contributed by atoms with E-state index >= 15 is 0 Å². The first kappa shape index (κ1) is 20.4. The average molecular weight is 421 g/mol. The van der Waals surface area contributed by atoms with E-state index in [1.54, 1.807) is 26.2 Å². The highest BCUT2D eigenvalue weighted by Crippen LogP contribution is 2.35. The molecule has 0 saturated carbocycles. The third-order valence-electron chi connectivity index (χ3n) is 5.35. The van der Waals surface area contributed by atoms with E-state index in [1.807, 2.05) is 54.2 Å². The van der Waals surface area contributed by atoms with E-state index in [1.165, 1.54) is 0 Å². The number of nitrogens with one attached hydrogen (secondary N) is 1. The van der Waals surface area contributed by atoms with Crippen molar-refractivity contribution in [1.29, 1.82) is 0 Å². The number of pyridine rings is 1. The van der Waals surface area contributed by atoms with Crippen LogP contribution >= 0.6 is 11.6 Å². The van der Waals surface area contributed by atoms with Crippen molar-refractivity contribution in [2.45, 2.75) is 32.4 Å². The van der Waals surface area contributed by atoms with E-state index in [-0.39, 0.29) is 6.04 Å². The highest BCUT2D eigenvalue weighted by molar-refractivity contribution is 6.34. The van der Waals surface area contributed by atoms with Gasteiger partial charge in [0.2, 0.25) is 0 Å². The van der Waals surface area contributed by atoms with Gasteiger partial charge in [-0.05, 0) is 49.6 Å². The van der Waals surface area contributed by atoms with Crippen molar-refractivity contribution < 1.29 is 5.11 Å². The number of anilines is 1. The van der Waals surface area contributed by atoms with Crippen molar-refractivity contribution in [3.05, 3.63) is 77.5 Å². The number of hydrogen-bond acceptors (Lipinski definition) is 4. The van der Waals surface area contributed by atoms with Gasteiger partial charge in [-0.25, -0.2) is 4.98 Å². The van der Waals surface area contributed by atoms with Crippen LogP contribution in [0.4, 0.5) is 5.69 Å². The second kappa shape index (κ2) is 7.74. The van der Waals surface area contributed by atoms with Crippen LogP contribution in [0.15, 0.2) is 61.1 Å². The molecule has 1 atom stereocenters. The number of nitrogens with zero attached hydrogens (tertiary/aromatic N) is 3. The Morgan fingerprint density at radius 2 is 1.77 bits per heavy atom. The molecule has 2 heterocycles. The molecule has 2 N–H and O–H groups in total. The molecule has 0 aliphatic rings. The van der Waals surface area contributed by atoms with E-state index in [4.69, 9.17) is 11.6 Å². The number of rotatable bonds is 5. The molecular weight excluding hydrogens is 396 g/mol. The minimum Gasteiger partial charge on any atom is -0.386 e. The first-order valence-electron chi connectivity index (χ1n) is 9.89. The number of hydrogen-bond donors (Lipinski definition) is 2. The lowest BCUT2D eigenvalue weighted by Gasteiger charge is -2.19. The van der Waals surface area contributed by atoms with Crippen LogP contribution in [0.25, 0.3) is 22.0 Å². The van der Waals surface area contributed by atoms with E-state index in [9.17, 15) is 5.11 Å². The molecule has 0 amide bonds. The highest BCUT2D eigenvalue weighted by Gasteiger charge is 2.17. The normalized spacial score (nSPS) is 12.9. The molecule has 0 radical (unpaired) electrons. The summed E-state index contributed by atoms with van der Waals surface area (Å²) >= 11 is 6.54. The maximum atomic E-state index is 10.2. The molecule has 6 heteroatoms. The first-order chi connectivity index (χ1) is 14.2. The van der Waals surface area contributed by atoms with Crippen LogP contribution in [0, 0.1) is 0 Å². The van der Waals surface area contributed by atoms with Gasteiger partial charge >= 0.3 is 0 Å². The zero-order valence-electron chi connectivity index (χ0n) is 17.5. The summed E-state index contributed by atoms with van der Waals surface area (Å²) in [7, 11) is 1.97. The quantitative estimate of drug-likeness (QED) is 0.435. The molecule has 4 aromatic rings. The lowest BCUT2D eigenvalue weighted by Crippen LogP contribution is -2.14. The largest absolute Gasteiger partial charge is 0.386 e. The fourth-order valence-electron chi connectivity index (χ4n) is 3.64. The predicted octanol–water partition coefficient (Wildman–Crippen LogP) is 5.69. The molecule has 0 bridgehead atoms. The van der Waals surface area contributed by atoms with Crippen LogP contribution in [0.1, 0.15) is 38.2 Å². The molecule has 30 heavy (non-hydrogen) atoms. The summed E-state index contributed by atoms with van der Waals surface area (Å²) < 4.78 is 1.99. The lowest BCUT2D eigenvalue weighted by atomic mass is 9.95. The number of imidazole rings is 1. The zero-order valence-corrected chi connectivity index (χ0v) is 18.3. The van der Waals surface area contributed by atoms with Crippen molar-refractivity contribution in [2.24, 2.45) is 7.05 Å². The van der Waals surface area contributed by atoms with Crippen molar-refractivity contribution in [3.63, 3.8) is 0 Å². The maximum absolute atomic E-state index is 10.2. The van der Waals surface area contributed by atoms with Crippen LogP contribution in [-0.4, -0.2) is 19.6 Å². The van der Waals surface area contributed by atoms with Crippen LogP contribution < -0.4 is 5.32 Å². The number of benzene rings is 2. The fraction of sp³-hybridized carbons (Fsp3) is 0.250. The molecule has 4 rings (SSSR count). The molecule has 154 valence electrons. The van der Waals surface area contributed by atoms with Crippen molar-refractivity contribution in [1.82, 2.24) is 14.5 Å². The standard InChI is InChI=1S/C24H25ClN4O/c1-15(23-26-11-12-29(23)4)28-22-19-13-17(7-10-21(19)27-14-20(22)25)16-5-8-18(9-6-16)24(2,3)30/h5-15,30H,1-4H3,(H,27,28). The average Bonchev–Trinajstić information content (AvgIpc) is 3.15. The van der Waals surface area contributed by atoms with Gasteiger partial charge in [-0.2, -0.15) is 0 Å². The molecule has 0 spiro atoms. The van der Waals surface area contributed by atoms with Gasteiger partial charge in [0.1, 0.15) is 5.82 Å². The SMILES string of the molecule is CC(Nc1c(Cl)cnc2ccc(-c3ccc(C(C)(C)O)cc3)cc12)c1nccn1C. The summed E-state index contributed by atoms with van der Waals surface area (Å²) in [4.78, 5) is 8.92. The Bertz CT molecular complexity index is 1190. The molecule has 0 aliphatic carbocycles. The molecule has 5 nitrogen and oxygen atoms in total. The van der Waals surface area contributed by atoms with Gasteiger partial charge in [-0.15, -0.1) is 0 Å². The number of aliphatic hydroxyl groups is 1. The molecular formula is C24H25ClN4O. The van der Waals surface area contributed by atoms with E-state index in [2.05, 4.69) is 28.3 Å². The zero-order chi connectivity index (χ0) is 21.5. The molecule has 1 unspecified atom stereocenters. The second-order valence-corrected chi connectivity index (χ2v) is 8.52. The monoisotopic (exact) mass is 420 g/mol. The van der Waals surface area contributed by atoms with Crippen LogP contribution in [0.5, 0.6) is 0 Å². The molecule has 2 aromatic carbocycles. The van der Waals surface area contributed by atoms with Crippen molar-refractivity contribution >= 4 is 28.2 Å². The summed E-state index contributed by atoms with van der Waals surface area (Å²) in [6.45, 7) is 5.63. The summed E-state index contributed by atoms with van der Waals surface area (Å²) in [5.74, 6) is 0.925. The third kappa shape index (κ3) is 3.91. The molecule has 2 aromatic heterocycles. The lowest BCUT2D eigenvalue weighted by molar-refractivity contribution is 0.0786. The van der Waals surface area contributed by atoms with Gasteiger partial charge in [0.05, 0.1) is 27.9 Å². The molecule has 0 saturated heterocycles. The van der Waals surface area contributed by atoms with Crippen LogP contribution in [0.2, 0.25) is 5.02 Å². The fourth-order valence-corrected chi connectivity index (χ4v) is 3.85. The Morgan fingerprint density at radius 1 is 1.07 bits per heavy atom. The van der Waals surface area contributed by atoms with Gasteiger partial charge < -0.3 is 15.0 Å². The number of halogens is 1. The predicted molar refractivity (Wildman–Crippen MR) is 123 cm³/mol. The third-order valence-corrected chi connectivity index (χ3v) is 5.64. The number of aryl methyl sites for hydroxylation is 1. The molecule has 0 fully saturated rings. The number of aromatic nitrogens is 3. The Balaban J connectivity index is 1.75. The van der Waals surface area contributed by atoms with E-state index in [0.717, 1.165) is 39.1 Å². The van der Waals surface area contributed by atoms with E-state index < -0.39 is 5.60 Å². The Hall–Kier alpha value is -2.89. The van der Waals surface area contributed by atoms with Gasteiger partial charge in [0, 0.05) is 31.0 Å². The Kier molecular flexibility index (Phi) is 5.26. The maximum Gasteiger partial charge on any atom is 0.130 e. The highest BCUT2D eigenvalue weighted by atomic mass is 35.5. The minimum absolute atomic E-state index is 0.0252. The number of fused-ring (bicyclic) bond motifs is 1. The summed E-state index contributed by atoms with van der Waals surface area (Å²) in [6, 6.07) is 14.1. The van der Waals surface area contributed by atoms with Crippen LogP contribution in [0.3, 0.4) is 0 Å². The van der Waals surface area contributed by atoms with E-state index in [0.29, 0.717) is 5.02 Å². The smallest absolute Gasteiger partial charge is 0.130 e.